The van der Waals surface area contributed by atoms with Gasteiger partial charge in [-0.15, -0.1) is 0 Å². The molecule has 0 bridgehead atoms. The van der Waals surface area contributed by atoms with Crippen LogP contribution in [0.5, 0.6) is 5.75 Å². The molecule has 1 spiro atoms. The number of thioether (sulfide) groups is 1. The summed E-state index contributed by atoms with van der Waals surface area (Å²) in [6, 6.07) is 7.58. The zero-order chi connectivity index (χ0) is 14.7. The van der Waals surface area contributed by atoms with Crippen molar-refractivity contribution in [1.29, 1.82) is 0 Å². The number of hydrogen-bond donors (Lipinski definition) is 0. The molecule has 2 fully saturated rings. The van der Waals surface area contributed by atoms with Crippen molar-refractivity contribution in [2.75, 3.05) is 24.7 Å². The predicted octanol–water partition coefficient (Wildman–Crippen LogP) is 3.57. The number of ketones is 1. The molecule has 1 aromatic rings. The molecule has 21 heavy (non-hydrogen) atoms. The molecule has 2 aliphatic heterocycles. The van der Waals surface area contributed by atoms with E-state index in [2.05, 4.69) is 0 Å². The van der Waals surface area contributed by atoms with Gasteiger partial charge in [-0.25, -0.2) is 0 Å². The summed E-state index contributed by atoms with van der Waals surface area (Å²) in [7, 11) is 0. The number of ether oxygens (including phenoxy) is 2. The first-order valence-electron chi connectivity index (χ1n) is 7.71. The number of benzene rings is 1. The maximum atomic E-state index is 12.8. The Morgan fingerprint density at radius 1 is 1.52 bits per heavy atom. The molecule has 0 N–H and O–H groups in total. The summed E-state index contributed by atoms with van der Waals surface area (Å²) in [5.41, 5.74) is 0.731. The molecule has 0 aromatic heterocycles. The Hall–Kier alpha value is -1.00. The van der Waals surface area contributed by atoms with Gasteiger partial charge in [-0.3, -0.25) is 4.79 Å². The standard InChI is InChI=1S/C17H22O3S/c1-2-19-15-5-3-4-13(10-15)16(18)14-6-8-20-17(11-14)7-9-21-12-17/h3-5,10,14H,2,6-9,11-12H2,1H3. The third kappa shape index (κ3) is 3.27. The van der Waals surface area contributed by atoms with Gasteiger partial charge >= 0.3 is 0 Å². The lowest BCUT2D eigenvalue weighted by Gasteiger charge is -2.37. The largest absolute Gasteiger partial charge is 0.494 e. The Morgan fingerprint density at radius 2 is 2.43 bits per heavy atom. The van der Waals surface area contributed by atoms with E-state index >= 15 is 0 Å². The molecule has 3 rings (SSSR count). The van der Waals surface area contributed by atoms with Crippen molar-refractivity contribution in [1.82, 2.24) is 0 Å². The van der Waals surface area contributed by atoms with Gasteiger partial charge in [0.15, 0.2) is 5.78 Å². The third-order valence-electron chi connectivity index (χ3n) is 4.36. The molecular formula is C17H22O3S. The number of rotatable bonds is 4. The molecule has 0 radical (unpaired) electrons. The Morgan fingerprint density at radius 3 is 3.19 bits per heavy atom. The molecule has 1 aromatic carbocycles. The lowest BCUT2D eigenvalue weighted by molar-refractivity contribution is -0.0734. The van der Waals surface area contributed by atoms with Gasteiger partial charge in [0.25, 0.3) is 0 Å². The van der Waals surface area contributed by atoms with E-state index < -0.39 is 0 Å². The van der Waals surface area contributed by atoms with E-state index in [-0.39, 0.29) is 17.3 Å². The van der Waals surface area contributed by atoms with Crippen LogP contribution < -0.4 is 4.74 Å². The van der Waals surface area contributed by atoms with Gasteiger partial charge in [0.1, 0.15) is 5.75 Å². The molecule has 3 nitrogen and oxygen atoms in total. The molecule has 114 valence electrons. The fraction of sp³-hybridized carbons (Fsp3) is 0.588. The summed E-state index contributed by atoms with van der Waals surface area (Å²) in [6.07, 6.45) is 2.79. The van der Waals surface area contributed by atoms with Crippen LogP contribution in [-0.4, -0.2) is 36.1 Å². The van der Waals surface area contributed by atoms with Crippen LogP contribution in [0.4, 0.5) is 0 Å². The van der Waals surface area contributed by atoms with Crippen molar-refractivity contribution in [3.63, 3.8) is 0 Å². The van der Waals surface area contributed by atoms with Crippen LogP contribution in [0.25, 0.3) is 0 Å². The normalized spacial score (nSPS) is 28.7. The Balaban J connectivity index is 1.73. The second-order valence-electron chi connectivity index (χ2n) is 5.85. The molecule has 0 amide bonds. The number of carbonyl (C=O) groups excluding carboxylic acids is 1. The van der Waals surface area contributed by atoms with Gasteiger partial charge in [-0.2, -0.15) is 11.8 Å². The van der Waals surface area contributed by atoms with Gasteiger partial charge < -0.3 is 9.47 Å². The van der Waals surface area contributed by atoms with Crippen molar-refractivity contribution in [3.05, 3.63) is 29.8 Å². The van der Waals surface area contributed by atoms with E-state index in [1.54, 1.807) is 0 Å². The number of Topliss-reactive ketones (excluding diaryl/α,β-unsaturated/α-hetero) is 1. The summed E-state index contributed by atoms with van der Waals surface area (Å²) >= 11 is 1.94. The van der Waals surface area contributed by atoms with Crippen LogP contribution >= 0.6 is 11.8 Å². The first-order chi connectivity index (χ1) is 10.2. The van der Waals surface area contributed by atoms with E-state index in [4.69, 9.17) is 9.47 Å². The minimum atomic E-state index is -0.0409. The summed E-state index contributed by atoms with van der Waals surface area (Å²) in [6.45, 7) is 3.28. The van der Waals surface area contributed by atoms with E-state index in [0.29, 0.717) is 13.2 Å². The Bertz CT molecular complexity index is 509. The highest BCUT2D eigenvalue weighted by molar-refractivity contribution is 7.99. The van der Waals surface area contributed by atoms with Gasteiger partial charge in [0, 0.05) is 23.8 Å². The van der Waals surface area contributed by atoms with Crippen LogP contribution in [0.15, 0.2) is 24.3 Å². The zero-order valence-electron chi connectivity index (χ0n) is 12.5. The van der Waals surface area contributed by atoms with Gasteiger partial charge in [-0.05, 0) is 44.1 Å². The minimum Gasteiger partial charge on any atom is -0.494 e. The van der Waals surface area contributed by atoms with Crippen LogP contribution in [-0.2, 0) is 4.74 Å². The predicted molar refractivity (Wildman–Crippen MR) is 85.3 cm³/mol. The Labute approximate surface area is 130 Å². The van der Waals surface area contributed by atoms with Gasteiger partial charge in [0.2, 0.25) is 0 Å². The lowest BCUT2D eigenvalue weighted by Crippen LogP contribution is -2.42. The SMILES string of the molecule is CCOc1cccc(C(=O)C2CCOC3(CCSC3)C2)c1. The Kier molecular flexibility index (Phi) is 4.55. The zero-order valence-corrected chi connectivity index (χ0v) is 13.3. The van der Waals surface area contributed by atoms with Crippen molar-refractivity contribution in [3.8, 4) is 5.75 Å². The van der Waals surface area contributed by atoms with E-state index in [1.807, 2.05) is 43.0 Å². The monoisotopic (exact) mass is 306 g/mol. The average molecular weight is 306 g/mol. The van der Waals surface area contributed by atoms with E-state index in [1.165, 1.54) is 0 Å². The van der Waals surface area contributed by atoms with Crippen LogP contribution in [0.1, 0.15) is 36.5 Å². The van der Waals surface area contributed by atoms with Crippen molar-refractivity contribution in [2.45, 2.75) is 31.8 Å². The van der Waals surface area contributed by atoms with E-state index in [0.717, 1.165) is 42.1 Å². The summed E-state index contributed by atoms with van der Waals surface area (Å²) < 4.78 is 11.5. The van der Waals surface area contributed by atoms with Gasteiger partial charge in [-0.1, -0.05) is 12.1 Å². The lowest BCUT2D eigenvalue weighted by atomic mass is 9.81. The molecule has 0 saturated carbocycles. The number of hydrogen-bond acceptors (Lipinski definition) is 4. The molecule has 2 aliphatic rings. The fourth-order valence-corrected chi connectivity index (χ4v) is 4.63. The minimum absolute atomic E-state index is 0.0409. The summed E-state index contributed by atoms with van der Waals surface area (Å²) in [5.74, 6) is 3.31. The summed E-state index contributed by atoms with van der Waals surface area (Å²) in [4.78, 5) is 12.8. The van der Waals surface area contributed by atoms with Crippen molar-refractivity contribution >= 4 is 17.5 Å². The smallest absolute Gasteiger partial charge is 0.166 e. The fourth-order valence-electron chi connectivity index (χ4n) is 3.26. The summed E-state index contributed by atoms with van der Waals surface area (Å²) in [5, 5.41) is 0. The van der Waals surface area contributed by atoms with Crippen LogP contribution in [0.3, 0.4) is 0 Å². The van der Waals surface area contributed by atoms with Crippen LogP contribution in [0, 0.1) is 5.92 Å². The molecule has 2 unspecified atom stereocenters. The quantitative estimate of drug-likeness (QED) is 0.797. The van der Waals surface area contributed by atoms with Crippen molar-refractivity contribution in [2.24, 2.45) is 5.92 Å². The highest BCUT2D eigenvalue weighted by atomic mass is 32.2. The number of carbonyl (C=O) groups is 1. The highest BCUT2D eigenvalue weighted by Gasteiger charge is 2.42. The molecule has 2 heterocycles. The van der Waals surface area contributed by atoms with Crippen molar-refractivity contribution < 1.29 is 14.3 Å². The molecule has 2 saturated heterocycles. The maximum absolute atomic E-state index is 12.8. The second-order valence-corrected chi connectivity index (χ2v) is 6.95. The van der Waals surface area contributed by atoms with Crippen LogP contribution in [0.2, 0.25) is 0 Å². The molecular weight excluding hydrogens is 284 g/mol. The molecule has 2 atom stereocenters. The maximum Gasteiger partial charge on any atom is 0.166 e. The topological polar surface area (TPSA) is 35.5 Å². The second kappa shape index (κ2) is 6.41. The molecule has 4 heteroatoms. The third-order valence-corrected chi connectivity index (χ3v) is 5.58. The first kappa shape index (κ1) is 14.9. The highest BCUT2D eigenvalue weighted by Crippen LogP contribution is 2.41. The van der Waals surface area contributed by atoms with E-state index in [9.17, 15) is 4.79 Å². The molecule has 0 aliphatic carbocycles. The first-order valence-corrected chi connectivity index (χ1v) is 8.87. The van der Waals surface area contributed by atoms with Gasteiger partial charge in [0.05, 0.1) is 12.2 Å². The average Bonchev–Trinajstić information content (AvgIpc) is 2.95.